The number of aliphatic hydroxyl groups excluding tert-OH is 2. The molecule has 7 heteroatoms. The minimum Gasteiger partial charge on any atom is -0.399 e. The largest absolute Gasteiger partial charge is 0.399 e. The Hall–Kier alpha value is -2.15. The number of nitrogen functional groups attached to an aromatic ring is 1. The van der Waals surface area contributed by atoms with E-state index in [-0.39, 0.29) is 13.2 Å². The van der Waals surface area contributed by atoms with Crippen molar-refractivity contribution >= 4 is 34.4 Å². The van der Waals surface area contributed by atoms with Crippen LogP contribution < -0.4 is 10.6 Å². The fourth-order valence-electron chi connectivity index (χ4n) is 2.04. The van der Waals surface area contributed by atoms with Gasteiger partial charge in [0.05, 0.1) is 23.9 Å². The molecule has 0 bridgehead atoms. The number of hydrogen-bond donors (Lipinski definition) is 3. The normalized spacial score (nSPS) is 11.1. The SMILES string of the molecule is Nc1ccc(N=Nc2ccc(N(CCO)CCO)cc2Cl)cc1. The number of hydrogen-bond acceptors (Lipinski definition) is 6. The lowest BCUT2D eigenvalue weighted by molar-refractivity contribution is 0.281. The molecule has 23 heavy (non-hydrogen) atoms. The molecule has 2 aromatic carbocycles. The van der Waals surface area contributed by atoms with Crippen LogP contribution in [0, 0.1) is 0 Å². The number of benzene rings is 2. The van der Waals surface area contributed by atoms with Gasteiger partial charge >= 0.3 is 0 Å². The Morgan fingerprint density at radius 3 is 2.17 bits per heavy atom. The summed E-state index contributed by atoms with van der Waals surface area (Å²) in [4.78, 5) is 1.84. The summed E-state index contributed by atoms with van der Waals surface area (Å²) in [6, 6.07) is 12.4. The van der Waals surface area contributed by atoms with E-state index >= 15 is 0 Å². The van der Waals surface area contributed by atoms with Crippen molar-refractivity contribution in [2.24, 2.45) is 10.2 Å². The summed E-state index contributed by atoms with van der Waals surface area (Å²) < 4.78 is 0. The maximum atomic E-state index is 9.08. The quantitative estimate of drug-likeness (QED) is 0.535. The van der Waals surface area contributed by atoms with E-state index in [2.05, 4.69) is 10.2 Å². The molecule has 0 atom stereocenters. The lowest BCUT2D eigenvalue weighted by atomic mass is 10.2. The number of aliphatic hydroxyl groups is 2. The maximum Gasteiger partial charge on any atom is 0.104 e. The van der Waals surface area contributed by atoms with Crippen molar-refractivity contribution < 1.29 is 10.2 Å². The smallest absolute Gasteiger partial charge is 0.104 e. The van der Waals surface area contributed by atoms with Gasteiger partial charge in [0.1, 0.15) is 5.69 Å². The molecule has 2 rings (SSSR count). The highest BCUT2D eigenvalue weighted by molar-refractivity contribution is 6.33. The van der Waals surface area contributed by atoms with E-state index < -0.39 is 0 Å². The van der Waals surface area contributed by atoms with E-state index in [1.807, 2.05) is 11.0 Å². The molecule has 122 valence electrons. The predicted molar refractivity (Wildman–Crippen MR) is 92.9 cm³/mol. The minimum absolute atomic E-state index is 0.00375. The van der Waals surface area contributed by atoms with Crippen molar-refractivity contribution in [3.63, 3.8) is 0 Å². The Labute approximate surface area is 139 Å². The first-order chi connectivity index (χ1) is 11.1. The van der Waals surface area contributed by atoms with Crippen molar-refractivity contribution in [3.05, 3.63) is 47.5 Å². The minimum atomic E-state index is -0.00375. The Morgan fingerprint density at radius 2 is 1.61 bits per heavy atom. The lowest BCUT2D eigenvalue weighted by Gasteiger charge is -2.23. The van der Waals surface area contributed by atoms with Crippen LogP contribution in [-0.2, 0) is 0 Å². The van der Waals surface area contributed by atoms with Crippen LogP contribution in [0.25, 0.3) is 0 Å². The van der Waals surface area contributed by atoms with Gasteiger partial charge in [-0.15, -0.1) is 5.11 Å². The third-order valence-electron chi connectivity index (χ3n) is 3.20. The van der Waals surface area contributed by atoms with Gasteiger partial charge in [0, 0.05) is 24.5 Å². The Morgan fingerprint density at radius 1 is 0.957 bits per heavy atom. The highest BCUT2D eigenvalue weighted by Gasteiger charge is 2.08. The molecule has 0 aromatic heterocycles. The molecule has 2 aromatic rings. The topological polar surface area (TPSA) is 94.4 Å². The third-order valence-corrected chi connectivity index (χ3v) is 3.51. The maximum absolute atomic E-state index is 9.08. The number of nitrogens with two attached hydrogens (primary N) is 1. The molecule has 0 aliphatic heterocycles. The third kappa shape index (κ3) is 4.92. The zero-order valence-electron chi connectivity index (χ0n) is 12.6. The number of anilines is 2. The van der Waals surface area contributed by atoms with Gasteiger partial charge in [-0.3, -0.25) is 0 Å². The summed E-state index contributed by atoms with van der Waals surface area (Å²) in [6.45, 7) is 0.832. The summed E-state index contributed by atoms with van der Waals surface area (Å²) in [5.74, 6) is 0. The molecular formula is C16H19ClN4O2. The second-order valence-electron chi connectivity index (χ2n) is 4.86. The van der Waals surface area contributed by atoms with Crippen LogP contribution in [0.15, 0.2) is 52.7 Å². The van der Waals surface area contributed by atoms with Crippen molar-refractivity contribution in [2.75, 3.05) is 36.9 Å². The van der Waals surface area contributed by atoms with Gasteiger partial charge in [-0.05, 0) is 42.5 Å². The first-order valence-electron chi connectivity index (χ1n) is 7.17. The highest BCUT2D eigenvalue weighted by Crippen LogP contribution is 2.31. The summed E-state index contributed by atoms with van der Waals surface area (Å²) in [6.07, 6.45) is 0. The van der Waals surface area contributed by atoms with Gasteiger partial charge in [0.15, 0.2) is 0 Å². The number of rotatable bonds is 7. The van der Waals surface area contributed by atoms with E-state index in [1.165, 1.54) is 0 Å². The Balaban J connectivity index is 2.16. The lowest BCUT2D eigenvalue weighted by Crippen LogP contribution is -2.29. The standard InChI is InChI=1S/C16H19ClN4O2/c17-15-11-14(21(7-9-22)8-10-23)5-6-16(15)20-19-13-3-1-12(18)2-4-13/h1-6,11,22-23H,7-10,18H2. The van der Waals surface area contributed by atoms with Crippen LogP contribution in [-0.4, -0.2) is 36.5 Å². The first kappa shape index (κ1) is 17.2. The fraction of sp³-hybridized carbons (Fsp3) is 0.250. The van der Waals surface area contributed by atoms with E-state index in [0.717, 1.165) is 5.69 Å². The van der Waals surface area contributed by atoms with Crippen molar-refractivity contribution in [1.82, 2.24) is 0 Å². The van der Waals surface area contributed by atoms with Crippen LogP contribution in [0.2, 0.25) is 5.02 Å². The van der Waals surface area contributed by atoms with Crippen LogP contribution in [0.4, 0.5) is 22.7 Å². The molecule has 0 spiro atoms. The zero-order chi connectivity index (χ0) is 16.7. The molecule has 6 nitrogen and oxygen atoms in total. The van der Waals surface area contributed by atoms with Crippen molar-refractivity contribution in [2.45, 2.75) is 0 Å². The fourth-order valence-corrected chi connectivity index (χ4v) is 2.25. The Kier molecular flexibility index (Phi) is 6.34. The second-order valence-corrected chi connectivity index (χ2v) is 5.27. The van der Waals surface area contributed by atoms with Crippen molar-refractivity contribution in [1.29, 1.82) is 0 Å². The van der Waals surface area contributed by atoms with Gasteiger partial charge in [-0.25, -0.2) is 0 Å². The predicted octanol–water partition coefficient (Wildman–Crippen LogP) is 3.13. The summed E-state index contributed by atoms with van der Waals surface area (Å²) in [5.41, 5.74) is 8.32. The second kappa shape index (κ2) is 8.47. The molecule has 0 fully saturated rings. The van der Waals surface area contributed by atoms with Crippen LogP contribution >= 0.6 is 11.6 Å². The molecule has 0 aliphatic carbocycles. The van der Waals surface area contributed by atoms with Crippen LogP contribution in [0.5, 0.6) is 0 Å². The molecule has 0 amide bonds. The van der Waals surface area contributed by atoms with E-state index in [4.69, 9.17) is 27.5 Å². The molecule has 0 unspecified atom stereocenters. The number of nitrogens with zero attached hydrogens (tertiary/aromatic N) is 3. The molecule has 0 aliphatic rings. The molecule has 0 radical (unpaired) electrons. The van der Waals surface area contributed by atoms with Gasteiger partial charge in [0.25, 0.3) is 0 Å². The molecule has 0 saturated heterocycles. The van der Waals surface area contributed by atoms with Crippen LogP contribution in [0.3, 0.4) is 0 Å². The van der Waals surface area contributed by atoms with Gasteiger partial charge in [-0.1, -0.05) is 11.6 Å². The van der Waals surface area contributed by atoms with Gasteiger partial charge in [0.2, 0.25) is 0 Å². The molecule has 0 saturated carbocycles. The first-order valence-corrected chi connectivity index (χ1v) is 7.55. The van der Waals surface area contributed by atoms with Crippen molar-refractivity contribution in [3.8, 4) is 0 Å². The van der Waals surface area contributed by atoms with E-state index in [9.17, 15) is 0 Å². The summed E-state index contributed by atoms with van der Waals surface area (Å²) in [5, 5.41) is 26.9. The highest BCUT2D eigenvalue weighted by atomic mass is 35.5. The average molecular weight is 335 g/mol. The van der Waals surface area contributed by atoms with E-state index in [1.54, 1.807) is 36.4 Å². The number of halogens is 1. The summed E-state index contributed by atoms with van der Waals surface area (Å²) in [7, 11) is 0. The average Bonchev–Trinajstić information content (AvgIpc) is 2.55. The molecule has 0 heterocycles. The Bertz CT molecular complexity index is 656. The monoisotopic (exact) mass is 334 g/mol. The molecule has 4 N–H and O–H groups in total. The van der Waals surface area contributed by atoms with Crippen LogP contribution in [0.1, 0.15) is 0 Å². The van der Waals surface area contributed by atoms with Gasteiger partial charge in [-0.2, -0.15) is 5.11 Å². The molecular weight excluding hydrogens is 316 g/mol. The van der Waals surface area contributed by atoms with Gasteiger partial charge < -0.3 is 20.8 Å². The van der Waals surface area contributed by atoms with E-state index in [0.29, 0.717) is 35.2 Å². The summed E-state index contributed by atoms with van der Waals surface area (Å²) >= 11 is 6.24. The number of azo groups is 1. The zero-order valence-corrected chi connectivity index (χ0v) is 13.3.